The van der Waals surface area contributed by atoms with Crippen molar-refractivity contribution in [3.63, 3.8) is 0 Å². The van der Waals surface area contributed by atoms with Crippen LogP contribution in [0.4, 0.5) is 17.1 Å². The average molecular weight is 931 g/mol. The number of ether oxygens (including phenoxy) is 3. The van der Waals surface area contributed by atoms with Crippen LogP contribution in [0.5, 0.6) is 35.3 Å². The molecule has 0 unspecified atom stereocenters. The van der Waals surface area contributed by atoms with E-state index in [2.05, 4.69) is 106 Å². The highest BCUT2D eigenvalue weighted by Crippen LogP contribution is 2.28. The Bertz CT molecular complexity index is 2470. The van der Waals surface area contributed by atoms with Crippen molar-refractivity contribution in [1.29, 1.82) is 0 Å². The molecule has 66 heavy (non-hydrogen) atoms. The summed E-state index contributed by atoms with van der Waals surface area (Å²) in [6.45, 7) is 13.0. The molecule has 0 fully saturated rings. The lowest BCUT2D eigenvalue weighted by Crippen LogP contribution is -2.43. The van der Waals surface area contributed by atoms with Crippen LogP contribution in [0.2, 0.25) is 39.3 Å². The number of aromatic nitrogens is 3. The van der Waals surface area contributed by atoms with E-state index in [9.17, 15) is 0 Å². The summed E-state index contributed by atoms with van der Waals surface area (Å²) >= 11 is 0. The third-order valence-corrected chi connectivity index (χ3v) is 19.4. The number of rotatable bonds is 18. The Hall–Kier alpha value is -6.73. The summed E-state index contributed by atoms with van der Waals surface area (Å²) < 4.78 is 35.6. The molecule has 0 aliphatic carbocycles. The summed E-state index contributed by atoms with van der Waals surface area (Å²) in [6.07, 6.45) is 5.41. The van der Waals surface area contributed by atoms with Gasteiger partial charge in [0, 0.05) is 40.0 Å². The third kappa shape index (κ3) is 12.7. The molecule has 0 aliphatic heterocycles. The Morgan fingerprint density at radius 1 is 0.333 bits per heavy atom. The van der Waals surface area contributed by atoms with E-state index in [4.69, 9.17) is 27.5 Å². The van der Waals surface area contributed by atoms with Gasteiger partial charge in [-0.1, -0.05) is 36.4 Å². The number of hydrogen-bond donors (Lipinski definition) is 0. The number of aliphatic imine (C=N–C) groups is 3. The van der Waals surface area contributed by atoms with Gasteiger partial charge in [-0.05, 0) is 181 Å². The second-order valence-corrected chi connectivity index (χ2v) is 28.8. The molecule has 6 aromatic carbocycles. The van der Waals surface area contributed by atoms with Crippen LogP contribution in [0.15, 0.2) is 161 Å². The van der Waals surface area contributed by atoms with E-state index in [1.54, 1.807) is 40.0 Å². The topological polar surface area (TPSA) is 131 Å². The zero-order chi connectivity index (χ0) is 46.7. The molecule has 0 radical (unpaired) electrons. The molecule has 0 bridgehead atoms. The molecule has 336 valence electrons. The molecule has 0 aliphatic rings. The zero-order valence-electron chi connectivity index (χ0n) is 38.7. The first kappa shape index (κ1) is 47.2. The van der Waals surface area contributed by atoms with Gasteiger partial charge in [-0.3, -0.25) is 15.0 Å². The zero-order valence-corrected chi connectivity index (χ0v) is 41.7. The highest BCUT2D eigenvalue weighted by Gasteiger charge is 2.25. The Labute approximate surface area is 390 Å². The Morgan fingerprint density at radius 2 is 0.561 bits per heavy atom. The lowest BCUT2D eigenvalue weighted by atomic mass is 10.2. The van der Waals surface area contributed by atoms with Gasteiger partial charge in [0.15, 0.2) is 0 Å². The molecule has 0 saturated carbocycles. The molecule has 0 N–H and O–H groups in total. The van der Waals surface area contributed by atoms with Crippen molar-refractivity contribution in [2.45, 2.75) is 39.3 Å². The van der Waals surface area contributed by atoms with Crippen LogP contribution in [0.1, 0.15) is 16.7 Å². The second-order valence-electron chi connectivity index (χ2n) is 16.8. The van der Waals surface area contributed by atoms with Gasteiger partial charge in [0.05, 0.1) is 17.1 Å². The van der Waals surface area contributed by atoms with Crippen LogP contribution in [-0.4, -0.2) is 79.9 Å². The minimum atomic E-state index is -1.90. The molecular formula is C51H54N6O6Si3. The maximum Gasteiger partial charge on any atom is 0.331 e. The minimum absolute atomic E-state index is 0.0170. The van der Waals surface area contributed by atoms with E-state index in [1.807, 2.05) is 109 Å². The smallest absolute Gasteiger partial charge is 0.331 e. The van der Waals surface area contributed by atoms with Crippen molar-refractivity contribution >= 4 is 76.2 Å². The van der Waals surface area contributed by atoms with Crippen molar-refractivity contribution < 1.29 is 27.5 Å². The molecule has 1 heterocycles. The number of benzene rings is 6. The number of hydrogen-bond acceptors (Lipinski definition) is 12. The van der Waals surface area contributed by atoms with Gasteiger partial charge in [-0.15, -0.1) is 15.0 Å². The van der Waals surface area contributed by atoms with Crippen LogP contribution in [0.3, 0.4) is 0 Å². The fraction of sp³-hybridized carbons (Fsp3) is 0.176. The van der Waals surface area contributed by atoms with Gasteiger partial charge >= 0.3 is 18.0 Å². The van der Waals surface area contributed by atoms with Crippen molar-refractivity contribution in [1.82, 2.24) is 15.0 Å². The van der Waals surface area contributed by atoms with Crippen LogP contribution >= 0.6 is 0 Å². The molecule has 0 atom stereocenters. The lowest BCUT2D eigenvalue weighted by molar-refractivity contribution is 0.362. The summed E-state index contributed by atoms with van der Waals surface area (Å²) in [5, 5.41) is 3.63. The van der Waals surface area contributed by atoms with Gasteiger partial charge < -0.3 is 27.5 Å². The summed E-state index contributed by atoms with van der Waals surface area (Å²) in [6, 6.07) is 46.7. The van der Waals surface area contributed by atoms with Crippen LogP contribution in [0, 0.1) is 0 Å². The van der Waals surface area contributed by atoms with Crippen molar-refractivity contribution in [3.8, 4) is 35.3 Å². The molecule has 15 heteroatoms. The van der Waals surface area contributed by atoms with Gasteiger partial charge in [0.1, 0.15) is 17.2 Å². The monoisotopic (exact) mass is 930 g/mol. The Kier molecular flexibility index (Phi) is 15.1. The molecule has 0 spiro atoms. The fourth-order valence-corrected chi connectivity index (χ4v) is 9.90. The maximum atomic E-state index is 6.14. The predicted molar refractivity (Wildman–Crippen MR) is 273 cm³/mol. The molecular weight excluding hydrogens is 877 g/mol. The van der Waals surface area contributed by atoms with Crippen molar-refractivity contribution in [2.24, 2.45) is 15.0 Å². The molecule has 7 rings (SSSR count). The summed E-state index contributed by atoms with van der Waals surface area (Å²) in [4.78, 5) is 27.4. The molecule has 7 aromatic rings. The van der Waals surface area contributed by atoms with E-state index >= 15 is 0 Å². The SMILES string of the molecule is CO[Si](C)(C)c1ccc(N=Cc2ccc(Oc3nc(Oc4ccc(C=Nc5ccc([Si](C)(C)OC)cc5)cc4)nc(Oc4ccc(C=Nc5ccc([Si](C)(C)OC)cc5)cc4)n3)cc2)cc1. The molecule has 0 saturated heterocycles. The van der Waals surface area contributed by atoms with E-state index in [0.717, 1.165) is 33.8 Å². The second kappa shape index (κ2) is 21.1. The number of nitrogens with zero attached hydrogens (tertiary/aromatic N) is 6. The Balaban J connectivity index is 1.06. The van der Waals surface area contributed by atoms with Crippen LogP contribution in [0.25, 0.3) is 0 Å². The first-order valence-corrected chi connectivity index (χ1v) is 30.1. The normalized spacial score (nSPS) is 12.3. The highest BCUT2D eigenvalue weighted by molar-refractivity contribution is 6.85. The molecule has 12 nitrogen and oxygen atoms in total. The highest BCUT2D eigenvalue weighted by atomic mass is 28.4. The van der Waals surface area contributed by atoms with Gasteiger partial charge in [0.2, 0.25) is 25.0 Å². The summed E-state index contributed by atoms with van der Waals surface area (Å²) in [5.74, 6) is 1.49. The van der Waals surface area contributed by atoms with Gasteiger partial charge in [-0.25, -0.2) is 0 Å². The van der Waals surface area contributed by atoms with Crippen LogP contribution < -0.4 is 29.8 Å². The fourth-order valence-electron chi connectivity index (χ4n) is 6.29. The summed E-state index contributed by atoms with van der Waals surface area (Å²) in [7, 11) is -0.403. The molecule has 1 aromatic heterocycles. The first-order chi connectivity index (χ1) is 31.7. The van der Waals surface area contributed by atoms with Gasteiger partial charge in [0.25, 0.3) is 0 Å². The largest absolute Gasteiger partial charge is 0.424 e. The van der Waals surface area contributed by atoms with Gasteiger partial charge in [-0.2, -0.15) is 0 Å². The first-order valence-electron chi connectivity index (χ1n) is 21.4. The van der Waals surface area contributed by atoms with E-state index < -0.39 is 25.0 Å². The summed E-state index contributed by atoms with van der Waals surface area (Å²) in [5.41, 5.74) is 5.21. The minimum Gasteiger partial charge on any atom is -0.424 e. The van der Waals surface area contributed by atoms with E-state index in [1.165, 1.54) is 15.6 Å². The standard InChI is InChI=1S/C51H54N6O6Si3/c1-58-64(4,5)46-28-16-40(17-29-46)52-34-37-10-22-43(23-11-37)61-49-55-50(62-44-24-12-38(13-25-44)35-53-41-18-30-47(31-19-41)65(6,7)59-2)57-51(56-49)63-45-26-14-39(15-27-45)36-54-42-20-32-48(33-21-42)66(8,9)60-3/h10-36H,1-9H3. The van der Waals surface area contributed by atoms with E-state index in [-0.39, 0.29) is 18.0 Å². The van der Waals surface area contributed by atoms with Crippen molar-refractivity contribution in [2.75, 3.05) is 21.3 Å². The van der Waals surface area contributed by atoms with E-state index in [0.29, 0.717) is 17.2 Å². The lowest BCUT2D eigenvalue weighted by Gasteiger charge is -2.20. The maximum absolute atomic E-state index is 6.14. The van der Waals surface area contributed by atoms with Crippen LogP contribution in [-0.2, 0) is 13.3 Å². The predicted octanol–water partition coefficient (Wildman–Crippen LogP) is 10.7. The Morgan fingerprint density at radius 3 is 0.773 bits per heavy atom. The average Bonchev–Trinajstić information content (AvgIpc) is 3.33. The third-order valence-electron chi connectivity index (χ3n) is 11.1. The van der Waals surface area contributed by atoms with Crippen molar-refractivity contribution in [3.05, 3.63) is 162 Å². The molecule has 0 amide bonds. The quantitative estimate of drug-likeness (QED) is 0.0609.